The van der Waals surface area contributed by atoms with E-state index in [0.717, 1.165) is 11.6 Å². The molecule has 2 atom stereocenters. The summed E-state index contributed by atoms with van der Waals surface area (Å²) < 4.78 is 43.4. The summed E-state index contributed by atoms with van der Waals surface area (Å²) in [6, 6.07) is 14.0. The van der Waals surface area contributed by atoms with Crippen LogP contribution in [0.2, 0.25) is 0 Å². The summed E-state index contributed by atoms with van der Waals surface area (Å²) >= 11 is 0.238. The Morgan fingerprint density at radius 1 is 1.21 bits per heavy atom. The monoisotopic (exact) mass is 424 g/mol. The second-order valence-corrected chi connectivity index (χ2v) is 7.79. The Labute approximate surface area is 171 Å². The highest BCUT2D eigenvalue weighted by atomic mass is 32.2. The van der Waals surface area contributed by atoms with Gasteiger partial charge in [0.2, 0.25) is 4.87 Å². The summed E-state index contributed by atoms with van der Waals surface area (Å²) in [7, 11) is 0. The molecule has 0 saturated heterocycles. The Kier molecular flexibility index (Phi) is 7.37. The van der Waals surface area contributed by atoms with Crippen molar-refractivity contribution in [1.82, 2.24) is 4.90 Å². The number of aliphatic hydroxyl groups excluding tert-OH is 1. The molecule has 0 aliphatic rings. The predicted octanol–water partition coefficient (Wildman–Crippen LogP) is 4.13. The van der Waals surface area contributed by atoms with Gasteiger partial charge >= 0.3 is 6.18 Å². The Balaban J connectivity index is 2.64. The smallest absolute Gasteiger partial charge is 0.424 e. The molecular weight excluding hydrogens is 403 g/mol. The highest BCUT2D eigenvalue weighted by Gasteiger charge is 2.64. The number of rotatable bonds is 8. The molecule has 0 fully saturated rings. The number of thioether (sulfide) groups is 1. The van der Waals surface area contributed by atoms with Crippen LogP contribution in [0.1, 0.15) is 17.5 Å². The molecule has 8 heteroatoms. The van der Waals surface area contributed by atoms with E-state index in [4.69, 9.17) is 0 Å². The number of halogens is 3. The van der Waals surface area contributed by atoms with E-state index in [1.807, 2.05) is 0 Å². The molecule has 2 rings (SSSR count). The molecule has 0 aromatic heterocycles. The highest BCUT2D eigenvalue weighted by molar-refractivity contribution is 8.00. The Morgan fingerprint density at radius 3 is 2.28 bits per heavy atom. The summed E-state index contributed by atoms with van der Waals surface area (Å²) in [6.45, 7) is 4.56. The van der Waals surface area contributed by atoms with Crippen molar-refractivity contribution in [2.45, 2.75) is 41.9 Å². The molecular formula is C21H21F3NO3S-. The standard InChI is InChI=1S/C21H22F3NO3S/c1-3-7-18(26)20(21(22,23)24,29-17-12-10-15(2)11-13-17)25(19(27)28)14-16-8-5-4-6-9-16/h3-6,8-13,18,26H,1,7,14H2,2H3,(H,27,28)/p-1/t18-,20-/m1/s1. The predicted molar refractivity (Wildman–Crippen MR) is 104 cm³/mol. The molecule has 0 bridgehead atoms. The van der Waals surface area contributed by atoms with Crippen molar-refractivity contribution in [2.75, 3.05) is 0 Å². The zero-order valence-corrected chi connectivity index (χ0v) is 16.5. The largest absolute Gasteiger partial charge is 0.530 e. The molecule has 0 unspecified atom stereocenters. The van der Waals surface area contributed by atoms with Crippen molar-refractivity contribution in [3.63, 3.8) is 0 Å². The van der Waals surface area contributed by atoms with Crippen molar-refractivity contribution < 1.29 is 28.2 Å². The third-order valence-electron chi connectivity index (χ3n) is 4.35. The molecule has 0 aliphatic carbocycles. The Morgan fingerprint density at radius 2 is 1.79 bits per heavy atom. The topological polar surface area (TPSA) is 63.6 Å². The number of alkyl halides is 3. The number of hydrogen-bond acceptors (Lipinski definition) is 4. The maximum Gasteiger partial charge on any atom is 0.424 e. The van der Waals surface area contributed by atoms with E-state index in [1.54, 1.807) is 37.3 Å². The van der Waals surface area contributed by atoms with Gasteiger partial charge in [0.1, 0.15) is 6.09 Å². The minimum atomic E-state index is -5.11. The third-order valence-corrected chi connectivity index (χ3v) is 5.89. The lowest BCUT2D eigenvalue weighted by molar-refractivity contribution is -0.292. The van der Waals surface area contributed by atoms with Gasteiger partial charge in [-0.2, -0.15) is 13.2 Å². The molecule has 2 aromatic rings. The molecule has 0 heterocycles. The van der Waals surface area contributed by atoms with Gasteiger partial charge < -0.3 is 19.9 Å². The van der Waals surface area contributed by atoms with E-state index < -0.39 is 36.2 Å². The van der Waals surface area contributed by atoms with E-state index in [-0.39, 0.29) is 21.6 Å². The average Bonchev–Trinajstić information content (AvgIpc) is 2.66. The maximum absolute atomic E-state index is 14.5. The number of aryl methyl sites for hydroxylation is 1. The van der Waals surface area contributed by atoms with Gasteiger partial charge in [-0.15, -0.1) is 6.58 Å². The van der Waals surface area contributed by atoms with Crippen LogP contribution >= 0.6 is 11.8 Å². The fraction of sp³-hybridized carbons (Fsp3) is 0.286. The Bertz CT molecular complexity index is 827. The van der Waals surface area contributed by atoms with Crippen LogP contribution in [0.3, 0.4) is 0 Å². The molecule has 4 nitrogen and oxygen atoms in total. The van der Waals surface area contributed by atoms with Gasteiger partial charge in [0, 0.05) is 11.4 Å². The van der Waals surface area contributed by atoms with Gasteiger partial charge in [0.05, 0.1) is 6.10 Å². The van der Waals surface area contributed by atoms with Crippen LogP contribution in [-0.2, 0) is 6.54 Å². The SMILES string of the molecule is C=CC[C@@H](O)[C@](Sc1ccc(C)cc1)(N(Cc1ccccc1)C(=O)[O-])C(F)(F)F. The molecule has 156 valence electrons. The minimum absolute atomic E-state index is 0.154. The first-order valence-corrected chi connectivity index (χ1v) is 9.57. The van der Waals surface area contributed by atoms with Gasteiger partial charge in [0.25, 0.3) is 0 Å². The molecule has 29 heavy (non-hydrogen) atoms. The number of carbonyl (C=O) groups is 1. The molecule has 0 aliphatic heterocycles. The summed E-state index contributed by atoms with van der Waals surface area (Å²) in [5.41, 5.74) is 1.17. The zero-order chi connectivity index (χ0) is 21.7. The van der Waals surface area contributed by atoms with Crippen molar-refractivity contribution in [3.8, 4) is 0 Å². The normalized spacial score (nSPS) is 14.7. The molecule has 2 aromatic carbocycles. The van der Waals surface area contributed by atoms with Crippen molar-refractivity contribution in [1.29, 1.82) is 0 Å². The lowest BCUT2D eigenvalue weighted by Crippen LogP contribution is -2.66. The average molecular weight is 424 g/mol. The molecule has 0 radical (unpaired) electrons. The van der Waals surface area contributed by atoms with E-state index >= 15 is 0 Å². The molecule has 1 amide bonds. The van der Waals surface area contributed by atoms with E-state index in [9.17, 15) is 28.2 Å². The van der Waals surface area contributed by atoms with Gasteiger partial charge in [-0.25, -0.2) is 0 Å². The lowest BCUT2D eigenvalue weighted by atomic mass is 10.0. The Hall–Kier alpha value is -2.45. The highest BCUT2D eigenvalue weighted by Crippen LogP contribution is 2.51. The first kappa shape index (κ1) is 22.8. The lowest BCUT2D eigenvalue weighted by Gasteiger charge is -2.48. The first-order chi connectivity index (χ1) is 13.6. The van der Waals surface area contributed by atoms with Crippen LogP contribution in [-0.4, -0.2) is 33.3 Å². The van der Waals surface area contributed by atoms with Gasteiger partial charge in [-0.05, 0) is 31.0 Å². The number of hydrogen-bond donors (Lipinski definition) is 1. The molecule has 0 saturated carbocycles. The number of amides is 1. The van der Waals surface area contributed by atoms with Crippen molar-refractivity contribution in [2.24, 2.45) is 0 Å². The summed E-state index contributed by atoms with van der Waals surface area (Å²) in [5, 5.41) is 22.5. The number of aliphatic hydroxyl groups is 1. The molecule has 1 N–H and O–H groups in total. The third kappa shape index (κ3) is 5.13. The second-order valence-electron chi connectivity index (χ2n) is 6.49. The van der Waals surface area contributed by atoms with E-state index in [2.05, 4.69) is 6.58 Å². The van der Waals surface area contributed by atoms with Crippen LogP contribution in [0.4, 0.5) is 18.0 Å². The molecule has 0 spiro atoms. The zero-order valence-electron chi connectivity index (χ0n) is 15.7. The van der Waals surface area contributed by atoms with Crippen LogP contribution in [0.5, 0.6) is 0 Å². The van der Waals surface area contributed by atoms with Gasteiger partial charge in [0.15, 0.2) is 0 Å². The first-order valence-electron chi connectivity index (χ1n) is 8.75. The van der Waals surface area contributed by atoms with Crippen LogP contribution in [0.25, 0.3) is 0 Å². The van der Waals surface area contributed by atoms with Crippen molar-refractivity contribution >= 4 is 17.9 Å². The number of benzene rings is 2. The van der Waals surface area contributed by atoms with Crippen LogP contribution < -0.4 is 5.11 Å². The van der Waals surface area contributed by atoms with Gasteiger partial charge in [-0.3, -0.25) is 0 Å². The number of carboxylic acid groups (broad SMARTS) is 1. The van der Waals surface area contributed by atoms with Crippen LogP contribution in [0, 0.1) is 6.92 Å². The fourth-order valence-electron chi connectivity index (χ4n) is 2.89. The second kappa shape index (κ2) is 9.37. The quantitative estimate of drug-likeness (QED) is 0.393. The number of nitrogens with zero attached hydrogens (tertiary/aromatic N) is 1. The summed E-state index contributed by atoms with van der Waals surface area (Å²) in [6.07, 6.45) is -8.59. The van der Waals surface area contributed by atoms with Gasteiger partial charge in [-0.1, -0.05) is 65.9 Å². The van der Waals surface area contributed by atoms with Crippen LogP contribution in [0.15, 0.2) is 72.1 Å². The van der Waals surface area contributed by atoms with E-state index in [0.29, 0.717) is 5.56 Å². The summed E-state index contributed by atoms with van der Waals surface area (Å²) in [4.78, 5) is 9.04. The fourth-order valence-corrected chi connectivity index (χ4v) is 4.12. The minimum Gasteiger partial charge on any atom is -0.530 e. The van der Waals surface area contributed by atoms with E-state index in [1.165, 1.54) is 24.3 Å². The van der Waals surface area contributed by atoms with Crippen molar-refractivity contribution in [3.05, 3.63) is 78.4 Å². The number of carbonyl (C=O) groups excluding carboxylic acids is 1. The summed E-state index contributed by atoms with van der Waals surface area (Å²) in [5.74, 6) is 0. The maximum atomic E-state index is 14.5.